The quantitative estimate of drug-likeness (QED) is 0.411. The van der Waals surface area contributed by atoms with E-state index in [1.165, 1.54) is 4.90 Å². The van der Waals surface area contributed by atoms with Crippen LogP contribution in [0.25, 0.3) is 0 Å². The molecule has 4 aliphatic rings. The van der Waals surface area contributed by atoms with E-state index < -0.39 is 11.8 Å². The third kappa shape index (κ3) is 2.86. The van der Waals surface area contributed by atoms with E-state index in [2.05, 4.69) is 29.6 Å². The first kappa shape index (κ1) is 20.8. The maximum atomic E-state index is 13.8. The minimum atomic E-state index is -0.423. The summed E-state index contributed by atoms with van der Waals surface area (Å²) in [6.07, 6.45) is 0. The number of hydrogen-bond acceptors (Lipinski definition) is 3. The molecule has 3 amide bonds. The number of carbonyl (C=O) groups excluding carboxylic acids is 3. The van der Waals surface area contributed by atoms with E-state index in [4.69, 9.17) is 0 Å². The van der Waals surface area contributed by atoms with Gasteiger partial charge in [0.05, 0.1) is 17.5 Å². The van der Waals surface area contributed by atoms with Gasteiger partial charge in [-0.2, -0.15) is 0 Å². The molecule has 3 aliphatic carbocycles. The van der Waals surface area contributed by atoms with Crippen LogP contribution in [0.5, 0.6) is 0 Å². The first-order valence-corrected chi connectivity index (χ1v) is 12.2. The van der Waals surface area contributed by atoms with Crippen molar-refractivity contribution in [3.05, 3.63) is 131 Å². The normalized spacial score (nSPS) is 23.2. The molecule has 2 bridgehead atoms. The van der Waals surface area contributed by atoms with E-state index in [1.54, 1.807) is 24.3 Å². The topological polar surface area (TPSA) is 66.5 Å². The summed E-state index contributed by atoms with van der Waals surface area (Å²) in [5, 5.41) is 2.86. The molecule has 4 aromatic carbocycles. The van der Waals surface area contributed by atoms with Gasteiger partial charge in [-0.3, -0.25) is 14.4 Å². The highest BCUT2D eigenvalue weighted by atomic mass is 16.2. The lowest BCUT2D eigenvalue weighted by molar-refractivity contribution is -0.122. The number of benzene rings is 4. The van der Waals surface area contributed by atoms with Gasteiger partial charge in [0.25, 0.3) is 5.91 Å². The van der Waals surface area contributed by atoms with E-state index in [9.17, 15) is 14.4 Å². The molecule has 0 aromatic heterocycles. The monoisotopic (exact) mass is 470 g/mol. The summed E-state index contributed by atoms with van der Waals surface area (Å²) in [6, 6.07) is 32.4. The van der Waals surface area contributed by atoms with Crippen molar-refractivity contribution in [2.24, 2.45) is 11.8 Å². The van der Waals surface area contributed by atoms with Crippen LogP contribution in [0.4, 0.5) is 11.4 Å². The fourth-order valence-electron chi connectivity index (χ4n) is 6.42. The van der Waals surface area contributed by atoms with Crippen molar-refractivity contribution in [1.29, 1.82) is 0 Å². The maximum absolute atomic E-state index is 13.8. The number of para-hydroxylation sites is 1. The van der Waals surface area contributed by atoms with Crippen molar-refractivity contribution in [3.8, 4) is 0 Å². The molecular formula is C31H22N2O3. The van der Waals surface area contributed by atoms with Crippen molar-refractivity contribution in [1.82, 2.24) is 0 Å². The smallest absolute Gasteiger partial charge is 0.255 e. The Bertz CT molecular complexity index is 1430. The van der Waals surface area contributed by atoms with Gasteiger partial charge >= 0.3 is 0 Å². The van der Waals surface area contributed by atoms with E-state index in [1.807, 2.05) is 54.6 Å². The maximum Gasteiger partial charge on any atom is 0.255 e. The number of imide groups is 1. The minimum absolute atomic E-state index is 0.134. The van der Waals surface area contributed by atoms with Gasteiger partial charge in [-0.05, 0) is 58.7 Å². The standard InChI is InChI=1S/C31H22N2O3/c34-29(32-19-8-2-1-3-9-19)18-14-16-20(17-15-18)33-30(35)27-25-21-10-4-5-11-22(21)26(28(27)31(33)36)24-13-7-6-12-23(24)25/h1-17,25-28H,(H,32,34)/t25?,26?,27-,28-/m0/s1. The molecule has 1 fully saturated rings. The lowest BCUT2D eigenvalue weighted by atomic mass is 9.55. The Kier molecular flexibility index (Phi) is 4.48. The van der Waals surface area contributed by atoms with Crippen molar-refractivity contribution in [3.63, 3.8) is 0 Å². The SMILES string of the molecule is O=C(Nc1ccccc1)c1ccc(N2C(=O)[C@H]3C4c5ccccc5C(c5ccccc54)[C@@H]3C2=O)cc1. The molecular weight excluding hydrogens is 448 g/mol. The lowest BCUT2D eigenvalue weighted by Crippen LogP contribution is -2.41. The van der Waals surface area contributed by atoms with Crippen molar-refractivity contribution in [2.45, 2.75) is 11.8 Å². The zero-order chi connectivity index (χ0) is 24.4. The third-order valence-corrected chi connectivity index (χ3v) is 7.87. The highest BCUT2D eigenvalue weighted by molar-refractivity contribution is 6.23. The Morgan fingerprint density at radius 1 is 0.583 bits per heavy atom. The fourth-order valence-corrected chi connectivity index (χ4v) is 6.42. The number of anilines is 2. The Balaban J connectivity index is 1.23. The Morgan fingerprint density at radius 3 is 1.50 bits per heavy atom. The summed E-state index contributed by atoms with van der Waals surface area (Å²) in [7, 11) is 0. The zero-order valence-corrected chi connectivity index (χ0v) is 19.3. The Morgan fingerprint density at radius 2 is 1.03 bits per heavy atom. The summed E-state index contributed by atoms with van der Waals surface area (Å²) in [6.45, 7) is 0. The van der Waals surface area contributed by atoms with Crippen LogP contribution in [0.3, 0.4) is 0 Å². The lowest BCUT2D eigenvalue weighted by Gasteiger charge is -2.45. The van der Waals surface area contributed by atoms with Gasteiger partial charge in [0.15, 0.2) is 0 Å². The number of rotatable bonds is 3. The van der Waals surface area contributed by atoms with Gasteiger partial charge in [0, 0.05) is 23.1 Å². The minimum Gasteiger partial charge on any atom is -0.322 e. The summed E-state index contributed by atoms with van der Waals surface area (Å²) in [5.41, 5.74) is 6.27. The molecule has 174 valence electrons. The number of amides is 3. The van der Waals surface area contributed by atoms with E-state index in [0.29, 0.717) is 16.9 Å². The zero-order valence-electron chi connectivity index (χ0n) is 19.3. The largest absolute Gasteiger partial charge is 0.322 e. The van der Waals surface area contributed by atoms with Gasteiger partial charge in [-0.25, -0.2) is 4.90 Å². The number of nitrogens with one attached hydrogen (secondary N) is 1. The molecule has 0 saturated carbocycles. The van der Waals surface area contributed by atoms with E-state index in [0.717, 1.165) is 22.3 Å². The van der Waals surface area contributed by atoms with Crippen LogP contribution in [-0.4, -0.2) is 17.7 Å². The number of hydrogen-bond donors (Lipinski definition) is 1. The molecule has 1 N–H and O–H groups in total. The van der Waals surface area contributed by atoms with Gasteiger partial charge in [0.2, 0.25) is 11.8 Å². The summed E-state index contributed by atoms with van der Waals surface area (Å²) in [5.74, 6) is -1.68. The molecule has 1 heterocycles. The Labute approximate surface area is 208 Å². The molecule has 0 unspecified atom stereocenters. The molecule has 0 spiro atoms. The Hall–Kier alpha value is -4.51. The molecule has 1 aliphatic heterocycles. The van der Waals surface area contributed by atoms with Crippen molar-refractivity contribution < 1.29 is 14.4 Å². The second-order valence-corrected chi connectivity index (χ2v) is 9.64. The van der Waals surface area contributed by atoms with Crippen LogP contribution in [0.2, 0.25) is 0 Å². The molecule has 5 nitrogen and oxygen atoms in total. The van der Waals surface area contributed by atoms with Gasteiger partial charge in [-0.1, -0.05) is 66.7 Å². The average Bonchev–Trinajstić information content (AvgIpc) is 3.19. The third-order valence-electron chi connectivity index (χ3n) is 7.87. The summed E-state index contributed by atoms with van der Waals surface area (Å²) >= 11 is 0. The van der Waals surface area contributed by atoms with E-state index >= 15 is 0 Å². The second kappa shape index (κ2) is 7.75. The van der Waals surface area contributed by atoms with Crippen LogP contribution in [0, 0.1) is 11.8 Å². The van der Waals surface area contributed by atoms with Crippen LogP contribution in [0.1, 0.15) is 44.4 Å². The highest BCUT2D eigenvalue weighted by Crippen LogP contribution is 2.61. The summed E-state index contributed by atoms with van der Waals surface area (Å²) < 4.78 is 0. The second-order valence-electron chi connectivity index (χ2n) is 9.64. The predicted octanol–water partition coefficient (Wildman–Crippen LogP) is 5.34. The first-order valence-electron chi connectivity index (χ1n) is 12.2. The van der Waals surface area contributed by atoms with Gasteiger partial charge in [0.1, 0.15) is 0 Å². The molecule has 8 rings (SSSR count). The van der Waals surface area contributed by atoms with Crippen molar-refractivity contribution in [2.75, 3.05) is 10.2 Å². The molecule has 2 atom stereocenters. The fraction of sp³-hybridized carbons (Fsp3) is 0.129. The number of nitrogens with zero attached hydrogens (tertiary/aromatic N) is 1. The molecule has 0 radical (unpaired) electrons. The number of carbonyl (C=O) groups is 3. The van der Waals surface area contributed by atoms with Crippen LogP contribution < -0.4 is 10.2 Å². The molecule has 4 aromatic rings. The van der Waals surface area contributed by atoms with Crippen molar-refractivity contribution >= 4 is 29.1 Å². The molecule has 1 saturated heterocycles. The molecule has 36 heavy (non-hydrogen) atoms. The summed E-state index contributed by atoms with van der Waals surface area (Å²) in [4.78, 5) is 41.7. The van der Waals surface area contributed by atoms with Crippen LogP contribution in [-0.2, 0) is 9.59 Å². The van der Waals surface area contributed by atoms with Gasteiger partial charge < -0.3 is 5.32 Å². The van der Waals surface area contributed by atoms with Crippen LogP contribution >= 0.6 is 0 Å². The van der Waals surface area contributed by atoms with E-state index in [-0.39, 0.29) is 29.6 Å². The predicted molar refractivity (Wildman–Crippen MR) is 137 cm³/mol. The average molecular weight is 471 g/mol. The van der Waals surface area contributed by atoms with Gasteiger partial charge in [-0.15, -0.1) is 0 Å². The highest BCUT2D eigenvalue weighted by Gasteiger charge is 2.61. The molecule has 5 heteroatoms. The van der Waals surface area contributed by atoms with Crippen LogP contribution in [0.15, 0.2) is 103 Å². The first-order chi connectivity index (χ1) is 17.6.